The van der Waals surface area contributed by atoms with Crippen LogP contribution in [0, 0.1) is 0 Å². The lowest BCUT2D eigenvalue weighted by Gasteiger charge is -2.22. The van der Waals surface area contributed by atoms with Crippen molar-refractivity contribution in [1.29, 1.82) is 0 Å². The first-order valence-electron chi connectivity index (χ1n) is 16.2. The van der Waals surface area contributed by atoms with E-state index in [-0.39, 0.29) is 12.5 Å². The Balaban J connectivity index is 3.52. The van der Waals surface area contributed by atoms with Crippen LogP contribution in [0.15, 0.2) is 0 Å². The van der Waals surface area contributed by atoms with Crippen LogP contribution >= 0.6 is 0 Å². The van der Waals surface area contributed by atoms with Crippen molar-refractivity contribution in [3.63, 3.8) is 0 Å². The highest BCUT2D eigenvalue weighted by Gasteiger charge is 2.19. The lowest BCUT2D eigenvalue weighted by atomic mass is 10.0. The maximum absolute atomic E-state index is 12.2. The summed E-state index contributed by atoms with van der Waals surface area (Å²) < 4.78 is 0. The van der Waals surface area contributed by atoms with Crippen LogP contribution in [0.2, 0.25) is 0 Å². The molecule has 0 saturated carbocycles. The smallest absolute Gasteiger partial charge is 0.220 e. The van der Waals surface area contributed by atoms with Crippen molar-refractivity contribution in [2.24, 2.45) is 0 Å². The molecular weight excluding hydrogens is 446 g/mol. The lowest BCUT2D eigenvalue weighted by molar-refractivity contribution is -0.123. The van der Waals surface area contributed by atoms with Gasteiger partial charge in [-0.2, -0.15) is 0 Å². The Kier molecular flexibility index (Phi) is 28.5. The molecule has 0 aromatic carbocycles. The van der Waals surface area contributed by atoms with Crippen molar-refractivity contribution in [1.82, 2.24) is 5.32 Å². The van der Waals surface area contributed by atoms with Crippen molar-refractivity contribution in [2.75, 3.05) is 6.61 Å². The van der Waals surface area contributed by atoms with E-state index in [1.54, 1.807) is 0 Å². The molecule has 216 valence electrons. The summed E-state index contributed by atoms with van der Waals surface area (Å²) in [6.45, 7) is 4.32. The molecule has 2 atom stereocenters. The summed E-state index contributed by atoms with van der Waals surface area (Å²) in [4.78, 5) is 12.2. The topological polar surface area (TPSA) is 69.6 Å². The maximum Gasteiger partial charge on any atom is 0.220 e. The predicted octanol–water partition coefficient (Wildman–Crippen LogP) is 9.01. The number of amides is 1. The number of aliphatic hydroxyl groups excluding tert-OH is 2. The van der Waals surface area contributed by atoms with Gasteiger partial charge >= 0.3 is 0 Å². The summed E-state index contributed by atoms with van der Waals surface area (Å²) in [6, 6.07) is -0.525. The average molecular weight is 512 g/mol. The number of rotatable bonds is 29. The molecule has 0 radical (unpaired) electrons. The molecule has 0 aliphatic heterocycles. The van der Waals surface area contributed by atoms with Crippen molar-refractivity contribution in [3.8, 4) is 0 Å². The molecule has 0 saturated heterocycles. The number of carbonyl (C=O) groups excluding carboxylic acids is 1. The Labute approximate surface area is 225 Å². The highest BCUT2D eigenvalue weighted by atomic mass is 16.3. The number of hydrogen-bond donors (Lipinski definition) is 3. The van der Waals surface area contributed by atoms with E-state index in [1.165, 1.54) is 128 Å². The van der Waals surface area contributed by atoms with Gasteiger partial charge in [-0.1, -0.05) is 162 Å². The zero-order chi connectivity index (χ0) is 26.5. The number of nitrogens with one attached hydrogen (secondary N) is 1. The molecule has 0 heterocycles. The number of unbranched alkanes of at least 4 members (excludes halogenated alkanes) is 22. The van der Waals surface area contributed by atoms with E-state index in [4.69, 9.17) is 0 Å². The van der Waals surface area contributed by atoms with Gasteiger partial charge in [-0.05, 0) is 12.8 Å². The third-order valence-corrected chi connectivity index (χ3v) is 7.62. The first-order chi connectivity index (χ1) is 17.7. The fourth-order valence-corrected chi connectivity index (χ4v) is 5.06. The summed E-state index contributed by atoms with van der Waals surface area (Å²) >= 11 is 0. The van der Waals surface area contributed by atoms with Crippen LogP contribution in [-0.4, -0.2) is 34.9 Å². The molecule has 1 amide bonds. The molecule has 0 aliphatic carbocycles. The summed E-state index contributed by atoms with van der Waals surface area (Å²) in [5.74, 6) is -0.0361. The van der Waals surface area contributed by atoms with E-state index in [1.807, 2.05) is 0 Å². The summed E-state index contributed by atoms with van der Waals surface area (Å²) in [7, 11) is 0. The van der Waals surface area contributed by atoms with Crippen LogP contribution < -0.4 is 5.32 Å². The van der Waals surface area contributed by atoms with Gasteiger partial charge in [0.25, 0.3) is 0 Å². The number of carbonyl (C=O) groups is 1. The van der Waals surface area contributed by atoms with Crippen molar-refractivity contribution in [3.05, 3.63) is 0 Å². The maximum atomic E-state index is 12.2. The second-order valence-corrected chi connectivity index (χ2v) is 11.2. The highest BCUT2D eigenvalue weighted by Crippen LogP contribution is 2.15. The quantitative estimate of drug-likeness (QED) is 0.0877. The van der Waals surface area contributed by atoms with Gasteiger partial charge in [-0.3, -0.25) is 4.79 Å². The first-order valence-corrected chi connectivity index (χ1v) is 16.2. The Morgan fingerprint density at radius 2 is 0.889 bits per heavy atom. The van der Waals surface area contributed by atoms with Gasteiger partial charge < -0.3 is 15.5 Å². The predicted molar refractivity (Wildman–Crippen MR) is 156 cm³/mol. The summed E-state index contributed by atoms with van der Waals surface area (Å²) in [5, 5.41) is 22.9. The van der Waals surface area contributed by atoms with Gasteiger partial charge in [-0.15, -0.1) is 0 Å². The van der Waals surface area contributed by atoms with Gasteiger partial charge in [0.1, 0.15) is 0 Å². The van der Waals surface area contributed by atoms with E-state index in [9.17, 15) is 15.0 Å². The number of hydrogen-bond acceptors (Lipinski definition) is 3. The first kappa shape index (κ1) is 35.4. The fraction of sp³-hybridized carbons (Fsp3) is 0.969. The van der Waals surface area contributed by atoms with Crippen LogP contribution in [0.4, 0.5) is 0 Å². The molecule has 4 heteroatoms. The van der Waals surface area contributed by atoms with Crippen LogP contribution in [0.3, 0.4) is 0 Å². The monoisotopic (exact) mass is 511 g/mol. The van der Waals surface area contributed by atoms with Crippen molar-refractivity contribution >= 4 is 5.91 Å². The van der Waals surface area contributed by atoms with Gasteiger partial charge in [0.15, 0.2) is 0 Å². The normalized spacial score (nSPS) is 13.1. The zero-order valence-electron chi connectivity index (χ0n) is 24.5. The Morgan fingerprint density at radius 1 is 0.556 bits per heavy atom. The van der Waals surface area contributed by atoms with Gasteiger partial charge in [-0.25, -0.2) is 0 Å². The molecule has 4 nitrogen and oxygen atoms in total. The third-order valence-electron chi connectivity index (χ3n) is 7.62. The fourth-order valence-electron chi connectivity index (χ4n) is 5.06. The molecule has 0 aromatic heterocycles. The standard InChI is InChI=1S/C32H65NO3/c1-3-5-7-9-11-13-14-15-16-17-18-19-20-21-23-25-27-31(35)30(29-34)33-32(36)28-26-24-22-12-10-8-6-4-2/h30-31,34-35H,3-29H2,1-2H3,(H,33,36)/t30-,31+/m0/s1. The summed E-state index contributed by atoms with van der Waals surface area (Å²) in [5.41, 5.74) is 0. The minimum atomic E-state index is -0.649. The van der Waals surface area contributed by atoms with Crippen LogP contribution in [0.1, 0.15) is 181 Å². The molecule has 0 aliphatic rings. The summed E-state index contributed by atoms with van der Waals surface area (Å²) in [6.07, 6.45) is 31.5. The zero-order valence-corrected chi connectivity index (χ0v) is 24.5. The lowest BCUT2D eigenvalue weighted by Crippen LogP contribution is -2.45. The Bertz CT molecular complexity index is 443. The molecule has 0 spiro atoms. The molecule has 0 bridgehead atoms. The number of aliphatic hydroxyl groups is 2. The molecular formula is C32H65NO3. The minimum Gasteiger partial charge on any atom is -0.394 e. The SMILES string of the molecule is CCCCCCCCCCCCCCCCCC[C@@H](O)[C@H](CO)NC(=O)CCCCCCCCCC. The highest BCUT2D eigenvalue weighted by molar-refractivity contribution is 5.76. The van der Waals surface area contributed by atoms with Gasteiger partial charge in [0, 0.05) is 6.42 Å². The van der Waals surface area contributed by atoms with Gasteiger partial charge in [0.05, 0.1) is 18.8 Å². The Morgan fingerprint density at radius 3 is 1.25 bits per heavy atom. The third kappa shape index (κ3) is 25.1. The van der Waals surface area contributed by atoms with Crippen molar-refractivity contribution in [2.45, 2.75) is 193 Å². The van der Waals surface area contributed by atoms with E-state index in [2.05, 4.69) is 19.2 Å². The average Bonchev–Trinajstić information content (AvgIpc) is 2.88. The molecule has 36 heavy (non-hydrogen) atoms. The molecule has 0 fully saturated rings. The molecule has 0 aromatic rings. The molecule has 0 unspecified atom stereocenters. The van der Waals surface area contributed by atoms with Gasteiger partial charge in [0.2, 0.25) is 5.91 Å². The van der Waals surface area contributed by atoms with Crippen LogP contribution in [0.5, 0.6) is 0 Å². The minimum absolute atomic E-state index is 0.0361. The second kappa shape index (κ2) is 29.0. The second-order valence-electron chi connectivity index (χ2n) is 11.2. The van der Waals surface area contributed by atoms with E-state index >= 15 is 0 Å². The molecule has 3 N–H and O–H groups in total. The Hall–Kier alpha value is -0.610. The van der Waals surface area contributed by atoms with Crippen molar-refractivity contribution < 1.29 is 15.0 Å². The van der Waals surface area contributed by atoms with Crippen LogP contribution in [-0.2, 0) is 4.79 Å². The van der Waals surface area contributed by atoms with E-state index in [0.717, 1.165) is 25.7 Å². The molecule has 0 rings (SSSR count). The largest absolute Gasteiger partial charge is 0.394 e. The van der Waals surface area contributed by atoms with E-state index in [0.29, 0.717) is 12.8 Å². The van der Waals surface area contributed by atoms with Crippen LogP contribution in [0.25, 0.3) is 0 Å². The van der Waals surface area contributed by atoms with E-state index < -0.39 is 12.1 Å².